The minimum Gasteiger partial charge on any atom is -0.464 e. The Labute approximate surface area is 142 Å². The van der Waals surface area contributed by atoms with Crippen LogP contribution >= 0.6 is 0 Å². The summed E-state index contributed by atoms with van der Waals surface area (Å²) in [6.07, 6.45) is 0. The number of rotatable bonds is 5. The highest BCUT2D eigenvalue weighted by Gasteiger charge is 2.37. The molecule has 3 rings (SSSR count). The Morgan fingerprint density at radius 3 is 1.33 bits per heavy atom. The summed E-state index contributed by atoms with van der Waals surface area (Å²) in [6, 6.07) is 30.4. The van der Waals surface area contributed by atoms with Crippen LogP contribution in [0.15, 0.2) is 91.0 Å². The largest absolute Gasteiger partial charge is 0.464 e. The molecule has 119 valence electrons. The summed E-state index contributed by atoms with van der Waals surface area (Å²) in [6.45, 7) is 3.56. The minimum atomic E-state index is -0.572. The highest BCUT2D eigenvalue weighted by Crippen LogP contribution is 2.39. The third-order valence-electron chi connectivity index (χ3n) is 4.25. The Bertz CT molecular complexity index is 683. The molecule has 0 aliphatic heterocycles. The van der Waals surface area contributed by atoms with Crippen LogP contribution in [-0.4, -0.2) is 12.6 Å². The molecular weight excluding hydrogens is 296 g/mol. The van der Waals surface area contributed by atoms with Crippen LogP contribution in [0.25, 0.3) is 0 Å². The van der Waals surface area contributed by atoms with E-state index in [2.05, 4.69) is 43.3 Å². The van der Waals surface area contributed by atoms with Crippen LogP contribution in [0.2, 0.25) is 0 Å². The first-order valence-corrected chi connectivity index (χ1v) is 7.89. The van der Waals surface area contributed by atoms with Crippen LogP contribution in [0.4, 0.5) is 0 Å². The molecule has 0 fully saturated rings. The lowest BCUT2D eigenvalue weighted by molar-refractivity contribution is -0.139. The fourth-order valence-corrected chi connectivity index (χ4v) is 3.11. The van der Waals surface area contributed by atoms with Crippen molar-refractivity contribution in [2.45, 2.75) is 5.41 Å². The van der Waals surface area contributed by atoms with Crippen LogP contribution < -0.4 is 0 Å². The molecule has 1 radical (unpaired) electrons. The quantitative estimate of drug-likeness (QED) is 0.515. The van der Waals surface area contributed by atoms with E-state index >= 15 is 0 Å². The van der Waals surface area contributed by atoms with E-state index in [1.54, 1.807) is 0 Å². The number of hydrogen-bond acceptors (Lipinski definition) is 2. The molecule has 0 unspecified atom stereocenters. The molecule has 2 heteroatoms. The van der Waals surface area contributed by atoms with Gasteiger partial charge in [0.15, 0.2) is 0 Å². The van der Waals surface area contributed by atoms with Crippen LogP contribution in [0, 0.1) is 6.92 Å². The van der Waals surface area contributed by atoms with Crippen molar-refractivity contribution in [3.8, 4) is 0 Å². The van der Waals surface area contributed by atoms with E-state index in [1.807, 2.05) is 54.6 Å². The van der Waals surface area contributed by atoms with Gasteiger partial charge in [0.2, 0.25) is 0 Å². The average molecular weight is 315 g/mol. The number of benzene rings is 3. The van der Waals surface area contributed by atoms with Gasteiger partial charge in [0.1, 0.15) is 6.61 Å². The first-order chi connectivity index (χ1) is 11.7. The van der Waals surface area contributed by atoms with Gasteiger partial charge < -0.3 is 4.74 Å². The highest BCUT2D eigenvalue weighted by atomic mass is 16.5. The van der Waals surface area contributed by atoms with E-state index < -0.39 is 11.4 Å². The predicted molar refractivity (Wildman–Crippen MR) is 95.5 cm³/mol. The topological polar surface area (TPSA) is 26.3 Å². The summed E-state index contributed by atoms with van der Waals surface area (Å²) in [5, 5.41) is 0. The van der Waals surface area contributed by atoms with Crippen LogP contribution in [-0.2, 0) is 14.9 Å². The van der Waals surface area contributed by atoms with Gasteiger partial charge in [0.25, 0.3) is 0 Å². The molecule has 0 aliphatic carbocycles. The van der Waals surface area contributed by atoms with Crippen LogP contribution in [0.1, 0.15) is 16.7 Å². The summed E-state index contributed by atoms with van der Waals surface area (Å²) in [7, 11) is 0. The molecule has 0 saturated heterocycles. The molecule has 0 spiro atoms. The van der Waals surface area contributed by atoms with Crippen molar-refractivity contribution in [3.63, 3.8) is 0 Å². The third-order valence-corrected chi connectivity index (χ3v) is 4.25. The van der Waals surface area contributed by atoms with E-state index in [0.29, 0.717) is 0 Å². The molecule has 3 aromatic rings. The zero-order valence-corrected chi connectivity index (χ0v) is 13.4. The molecule has 0 aromatic heterocycles. The van der Waals surface area contributed by atoms with Crippen molar-refractivity contribution in [1.29, 1.82) is 0 Å². The summed E-state index contributed by atoms with van der Waals surface area (Å²) in [5.41, 5.74) is 2.65. The van der Waals surface area contributed by atoms with Gasteiger partial charge in [-0.1, -0.05) is 91.0 Å². The van der Waals surface area contributed by atoms with Crippen molar-refractivity contribution >= 4 is 5.97 Å². The number of ether oxygens (including phenoxy) is 1. The Hall–Kier alpha value is -2.87. The monoisotopic (exact) mass is 315 g/mol. The van der Waals surface area contributed by atoms with Crippen molar-refractivity contribution in [2.24, 2.45) is 0 Å². The molecule has 0 amide bonds. The van der Waals surface area contributed by atoms with Gasteiger partial charge in [0, 0.05) is 0 Å². The van der Waals surface area contributed by atoms with E-state index in [4.69, 9.17) is 4.74 Å². The Morgan fingerprint density at radius 1 is 0.708 bits per heavy atom. The van der Waals surface area contributed by atoms with Crippen molar-refractivity contribution in [2.75, 3.05) is 6.61 Å². The van der Waals surface area contributed by atoms with Gasteiger partial charge in [-0.15, -0.1) is 0 Å². The lowest BCUT2D eigenvalue weighted by atomic mass is 9.70. The third kappa shape index (κ3) is 3.09. The second-order valence-corrected chi connectivity index (χ2v) is 5.66. The van der Waals surface area contributed by atoms with Crippen molar-refractivity contribution < 1.29 is 9.53 Å². The standard InChI is InChI=1S/C22H19O2/c1-18(23)24-17-22(19-11-5-2-6-12-19,20-13-7-3-8-14-20)21-15-9-4-10-16-21/h2-16H,1,17H2. The zero-order chi connectivity index (χ0) is 16.8. The molecule has 0 heterocycles. The fraction of sp³-hybridized carbons (Fsp3) is 0.0909. The number of carbonyl (C=O) groups excluding carboxylic acids is 1. The lowest BCUT2D eigenvalue weighted by Crippen LogP contribution is -2.35. The molecule has 2 nitrogen and oxygen atoms in total. The molecule has 0 atom stereocenters. The molecule has 24 heavy (non-hydrogen) atoms. The van der Waals surface area contributed by atoms with Gasteiger partial charge in [-0.2, -0.15) is 0 Å². The van der Waals surface area contributed by atoms with Crippen LogP contribution in [0.5, 0.6) is 0 Å². The van der Waals surface area contributed by atoms with Gasteiger partial charge in [0.05, 0.1) is 12.3 Å². The highest BCUT2D eigenvalue weighted by molar-refractivity contribution is 5.74. The van der Waals surface area contributed by atoms with Crippen LogP contribution in [0.3, 0.4) is 0 Å². The first-order valence-electron chi connectivity index (χ1n) is 7.89. The van der Waals surface area contributed by atoms with E-state index in [1.165, 1.54) is 0 Å². The second kappa shape index (κ2) is 7.14. The average Bonchev–Trinajstić information content (AvgIpc) is 2.65. The SMILES string of the molecule is [CH2]C(=O)OCC(c1ccccc1)(c1ccccc1)c1ccccc1. The van der Waals surface area contributed by atoms with Gasteiger partial charge in [-0.3, -0.25) is 4.79 Å². The summed E-state index contributed by atoms with van der Waals surface area (Å²) < 4.78 is 5.42. The molecular formula is C22H19O2. The zero-order valence-electron chi connectivity index (χ0n) is 13.4. The smallest absolute Gasteiger partial charge is 0.306 e. The van der Waals surface area contributed by atoms with Gasteiger partial charge in [-0.05, 0) is 16.7 Å². The maximum Gasteiger partial charge on any atom is 0.306 e. The number of hydrogen-bond donors (Lipinski definition) is 0. The van der Waals surface area contributed by atoms with E-state index in [0.717, 1.165) is 16.7 Å². The summed E-state index contributed by atoms with van der Waals surface area (Å²) >= 11 is 0. The Balaban J connectivity index is 2.26. The molecule has 0 saturated carbocycles. The normalized spacial score (nSPS) is 11.0. The maximum atomic E-state index is 11.5. The molecule has 0 bridgehead atoms. The molecule has 0 aliphatic rings. The fourth-order valence-electron chi connectivity index (χ4n) is 3.11. The Morgan fingerprint density at radius 2 is 1.04 bits per heavy atom. The maximum absolute atomic E-state index is 11.5. The molecule has 0 N–H and O–H groups in total. The number of carbonyl (C=O) groups is 1. The van der Waals surface area contributed by atoms with Crippen molar-refractivity contribution in [1.82, 2.24) is 0 Å². The first kappa shape index (κ1) is 16.0. The Kier molecular flexibility index (Phi) is 4.76. The molecule has 3 aromatic carbocycles. The summed E-state index contributed by atoms with van der Waals surface area (Å²) in [5.74, 6) is -0.526. The van der Waals surface area contributed by atoms with Gasteiger partial charge in [-0.25, -0.2) is 0 Å². The van der Waals surface area contributed by atoms with Gasteiger partial charge >= 0.3 is 5.97 Å². The van der Waals surface area contributed by atoms with E-state index in [-0.39, 0.29) is 6.61 Å². The van der Waals surface area contributed by atoms with Crippen molar-refractivity contribution in [3.05, 3.63) is 115 Å². The lowest BCUT2D eigenvalue weighted by Gasteiger charge is -2.35. The summed E-state index contributed by atoms with van der Waals surface area (Å²) in [4.78, 5) is 11.5. The van der Waals surface area contributed by atoms with E-state index in [9.17, 15) is 4.79 Å². The second-order valence-electron chi connectivity index (χ2n) is 5.66. The minimum absolute atomic E-state index is 0.202. The number of esters is 1. The predicted octanol–water partition coefficient (Wildman–Crippen LogP) is 4.40.